The van der Waals surface area contributed by atoms with Gasteiger partial charge >= 0.3 is 0 Å². The fourth-order valence-electron chi connectivity index (χ4n) is 1.38. The summed E-state index contributed by atoms with van der Waals surface area (Å²) >= 11 is 17.9. The van der Waals surface area contributed by atoms with Crippen molar-refractivity contribution in [3.05, 3.63) is 45.7 Å². The minimum Gasteiger partial charge on any atom is -0.396 e. The lowest BCUT2D eigenvalue weighted by Gasteiger charge is -2.07. The molecular formula is C11H7Cl3N2. The Hall–Kier alpha value is -0.960. The van der Waals surface area contributed by atoms with E-state index in [2.05, 4.69) is 4.98 Å². The van der Waals surface area contributed by atoms with Gasteiger partial charge in [0.1, 0.15) is 0 Å². The van der Waals surface area contributed by atoms with Crippen LogP contribution in [0.1, 0.15) is 0 Å². The van der Waals surface area contributed by atoms with Crippen molar-refractivity contribution in [2.24, 2.45) is 0 Å². The number of anilines is 1. The van der Waals surface area contributed by atoms with Crippen LogP contribution in [0.15, 0.2) is 30.5 Å². The molecule has 16 heavy (non-hydrogen) atoms. The van der Waals surface area contributed by atoms with E-state index < -0.39 is 0 Å². The van der Waals surface area contributed by atoms with Gasteiger partial charge in [0.25, 0.3) is 0 Å². The number of pyridine rings is 1. The smallest absolute Gasteiger partial charge is 0.151 e. The Bertz CT molecular complexity index is 520. The Morgan fingerprint density at radius 3 is 2.25 bits per heavy atom. The third-order valence-corrected chi connectivity index (χ3v) is 3.06. The van der Waals surface area contributed by atoms with Crippen LogP contribution in [0.4, 0.5) is 5.69 Å². The molecule has 0 saturated carbocycles. The quantitative estimate of drug-likeness (QED) is 0.787. The molecular weight excluding hydrogens is 266 g/mol. The molecule has 1 aromatic carbocycles. The summed E-state index contributed by atoms with van der Waals surface area (Å²) in [5, 5.41) is 1.37. The lowest BCUT2D eigenvalue weighted by Crippen LogP contribution is -1.91. The number of aromatic nitrogens is 1. The van der Waals surface area contributed by atoms with Crippen LogP contribution in [0.2, 0.25) is 15.2 Å². The van der Waals surface area contributed by atoms with Crippen molar-refractivity contribution in [3.63, 3.8) is 0 Å². The van der Waals surface area contributed by atoms with Crippen LogP contribution in [0, 0.1) is 0 Å². The van der Waals surface area contributed by atoms with Gasteiger partial charge < -0.3 is 5.73 Å². The van der Waals surface area contributed by atoms with Gasteiger partial charge in [-0.3, -0.25) is 0 Å². The van der Waals surface area contributed by atoms with Crippen LogP contribution in [0.3, 0.4) is 0 Å². The molecule has 2 aromatic rings. The zero-order valence-electron chi connectivity index (χ0n) is 8.05. The summed E-state index contributed by atoms with van der Waals surface area (Å²) < 4.78 is 0. The molecule has 2 rings (SSSR count). The molecule has 0 aliphatic rings. The molecule has 0 fully saturated rings. The highest BCUT2D eigenvalue weighted by molar-refractivity contribution is 6.39. The van der Waals surface area contributed by atoms with Gasteiger partial charge in [-0.15, -0.1) is 0 Å². The molecule has 2 N–H and O–H groups in total. The topological polar surface area (TPSA) is 38.9 Å². The molecule has 0 spiro atoms. The molecule has 0 saturated heterocycles. The van der Waals surface area contributed by atoms with Crippen molar-refractivity contribution in [3.8, 4) is 11.1 Å². The first-order valence-corrected chi connectivity index (χ1v) is 5.58. The van der Waals surface area contributed by atoms with E-state index in [1.54, 1.807) is 30.5 Å². The Morgan fingerprint density at radius 2 is 1.69 bits per heavy atom. The summed E-state index contributed by atoms with van der Waals surface area (Å²) in [6, 6.07) is 6.99. The standard InChI is InChI=1S/C11H7Cl3N2/c12-7-2-1-3-8(13)10(7)6-4-9(15)11(14)16-5-6/h1-5H,15H2. The summed E-state index contributed by atoms with van der Waals surface area (Å²) in [4.78, 5) is 3.96. The Labute approximate surface area is 108 Å². The molecule has 0 radical (unpaired) electrons. The monoisotopic (exact) mass is 272 g/mol. The molecule has 1 aromatic heterocycles. The van der Waals surface area contributed by atoms with E-state index in [4.69, 9.17) is 40.5 Å². The Kier molecular flexibility index (Phi) is 3.24. The van der Waals surface area contributed by atoms with Crippen molar-refractivity contribution in [2.45, 2.75) is 0 Å². The van der Waals surface area contributed by atoms with Gasteiger partial charge in [0.05, 0.1) is 5.69 Å². The summed E-state index contributed by atoms with van der Waals surface area (Å²) in [5.41, 5.74) is 7.53. The third-order valence-electron chi connectivity index (χ3n) is 2.12. The number of halogens is 3. The van der Waals surface area contributed by atoms with E-state index in [9.17, 15) is 0 Å². The maximum Gasteiger partial charge on any atom is 0.151 e. The highest BCUT2D eigenvalue weighted by atomic mass is 35.5. The number of nitrogen functional groups attached to an aromatic ring is 1. The summed E-state index contributed by atoms with van der Waals surface area (Å²) in [7, 11) is 0. The number of hydrogen-bond donors (Lipinski definition) is 1. The van der Waals surface area contributed by atoms with E-state index in [-0.39, 0.29) is 5.15 Å². The predicted octanol–water partition coefficient (Wildman–Crippen LogP) is 4.29. The van der Waals surface area contributed by atoms with Gasteiger partial charge in [-0.05, 0) is 18.2 Å². The molecule has 0 aliphatic carbocycles. The highest BCUT2D eigenvalue weighted by Gasteiger charge is 2.09. The van der Waals surface area contributed by atoms with Gasteiger partial charge in [0, 0.05) is 27.4 Å². The van der Waals surface area contributed by atoms with E-state index >= 15 is 0 Å². The number of hydrogen-bond acceptors (Lipinski definition) is 2. The van der Waals surface area contributed by atoms with Gasteiger partial charge in [0.15, 0.2) is 5.15 Å². The summed E-state index contributed by atoms with van der Waals surface area (Å²) in [6.07, 6.45) is 1.59. The van der Waals surface area contributed by atoms with Crippen LogP contribution in [0.5, 0.6) is 0 Å². The van der Waals surface area contributed by atoms with E-state index in [1.165, 1.54) is 0 Å². The van der Waals surface area contributed by atoms with E-state index in [0.29, 0.717) is 21.3 Å². The average molecular weight is 274 g/mol. The highest BCUT2D eigenvalue weighted by Crippen LogP contribution is 2.35. The molecule has 0 atom stereocenters. The largest absolute Gasteiger partial charge is 0.396 e. The molecule has 0 aliphatic heterocycles. The lowest BCUT2D eigenvalue weighted by molar-refractivity contribution is 1.33. The second-order valence-corrected chi connectivity index (χ2v) is 4.37. The van der Waals surface area contributed by atoms with Gasteiger partial charge in [-0.25, -0.2) is 4.98 Å². The molecule has 0 unspecified atom stereocenters. The predicted molar refractivity (Wildman–Crippen MR) is 69.1 cm³/mol. The van der Waals surface area contributed by atoms with Gasteiger partial charge in [0.2, 0.25) is 0 Å². The Balaban J connectivity index is 2.63. The molecule has 0 bridgehead atoms. The number of benzene rings is 1. The third kappa shape index (κ3) is 2.09. The first-order valence-electron chi connectivity index (χ1n) is 4.45. The van der Waals surface area contributed by atoms with Crippen molar-refractivity contribution >= 4 is 40.5 Å². The maximum absolute atomic E-state index is 6.07. The molecule has 82 valence electrons. The van der Waals surface area contributed by atoms with Crippen LogP contribution < -0.4 is 5.73 Å². The molecule has 0 amide bonds. The number of nitrogens with two attached hydrogens (primary N) is 1. The fourth-order valence-corrected chi connectivity index (χ4v) is 2.09. The van der Waals surface area contributed by atoms with Gasteiger partial charge in [-0.2, -0.15) is 0 Å². The van der Waals surface area contributed by atoms with Crippen LogP contribution in [0.25, 0.3) is 11.1 Å². The minimum atomic E-state index is 0.270. The number of rotatable bonds is 1. The summed E-state index contributed by atoms with van der Waals surface area (Å²) in [5.74, 6) is 0. The van der Waals surface area contributed by atoms with Crippen LogP contribution in [-0.2, 0) is 0 Å². The van der Waals surface area contributed by atoms with E-state index in [0.717, 1.165) is 5.56 Å². The zero-order valence-corrected chi connectivity index (χ0v) is 10.3. The summed E-state index contributed by atoms with van der Waals surface area (Å²) in [6.45, 7) is 0. The Morgan fingerprint density at radius 1 is 1.06 bits per heavy atom. The molecule has 1 heterocycles. The average Bonchev–Trinajstić information content (AvgIpc) is 2.23. The van der Waals surface area contributed by atoms with Gasteiger partial charge in [-0.1, -0.05) is 40.9 Å². The zero-order chi connectivity index (χ0) is 11.7. The van der Waals surface area contributed by atoms with Crippen molar-refractivity contribution < 1.29 is 0 Å². The second kappa shape index (κ2) is 4.50. The first kappa shape index (κ1) is 11.5. The van der Waals surface area contributed by atoms with Crippen molar-refractivity contribution in [1.29, 1.82) is 0 Å². The van der Waals surface area contributed by atoms with Crippen LogP contribution in [-0.4, -0.2) is 4.98 Å². The molecule has 5 heteroatoms. The van der Waals surface area contributed by atoms with E-state index in [1.807, 2.05) is 0 Å². The molecule has 2 nitrogen and oxygen atoms in total. The first-order chi connectivity index (χ1) is 7.59. The van der Waals surface area contributed by atoms with Crippen molar-refractivity contribution in [1.82, 2.24) is 4.98 Å². The minimum absolute atomic E-state index is 0.270. The number of nitrogens with zero attached hydrogens (tertiary/aromatic N) is 1. The van der Waals surface area contributed by atoms with Crippen molar-refractivity contribution in [2.75, 3.05) is 5.73 Å². The normalized spacial score (nSPS) is 10.4. The SMILES string of the molecule is Nc1cc(-c2c(Cl)cccc2Cl)cnc1Cl. The fraction of sp³-hybridized carbons (Fsp3) is 0. The maximum atomic E-state index is 6.07. The second-order valence-electron chi connectivity index (χ2n) is 3.20. The van der Waals surface area contributed by atoms with Crippen LogP contribution >= 0.6 is 34.8 Å². The lowest BCUT2D eigenvalue weighted by atomic mass is 10.1.